The van der Waals surface area contributed by atoms with Crippen molar-refractivity contribution in [3.8, 4) is 0 Å². The molecule has 0 radical (unpaired) electrons. The number of benzene rings is 1. The smallest absolute Gasteiger partial charge is 0.303 e. The number of ketones is 1. The number of carbonyl (C=O) groups excluding carboxylic acids is 1. The van der Waals surface area contributed by atoms with E-state index in [0.29, 0.717) is 38.2 Å². The van der Waals surface area contributed by atoms with Gasteiger partial charge in [-0.15, -0.1) is 0 Å². The monoisotopic (exact) mass is 462 g/mol. The average molecular weight is 463 g/mol. The molecule has 1 aliphatic rings. The van der Waals surface area contributed by atoms with Crippen molar-refractivity contribution in [2.24, 2.45) is 17.8 Å². The van der Waals surface area contributed by atoms with Crippen molar-refractivity contribution in [1.82, 2.24) is 0 Å². The number of aliphatic hydroxyl groups excluding tert-OH is 2. The maximum absolute atomic E-state index is 12.4. The van der Waals surface area contributed by atoms with Gasteiger partial charge in [-0.25, -0.2) is 0 Å². The Hall–Kier alpha value is -1.76. The number of hydrogen-bond acceptors (Lipinski definition) is 5. The van der Waals surface area contributed by atoms with Crippen LogP contribution < -0.4 is 0 Å². The molecule has 0 heterocycles. The number of aliphatic hydroxyl groups is 2. The molecule has 2 rings (SSSR count). The molecule has 6 nitrogen and oxygen atoms in total. The molecule has 0 unspecified atom stereocenters. The molecular formula is C27H42O6. The third-order valence-corrected chi connectivity index (χ3v) is 6.51. The zero-order valence-corrected chi connectivity index (χ0v) is 20.2. The van der Waals surface area contributed by atoms with Gasteiger partial charge in [0.1, 0.15) is 5.78 Å². The Bertz CT molecular complexity index is 731. The zero-order valence-electron chi connectivity index (χ0n) is 20.2. The lowest BCUT2D eigenvalue weighted by Crippen LogP contribution is -2.23. The normalized spacial score (nSPS) is 21.6. The maximum atomic E-state index is 12.4. The molecule has 1 aromatic rings. The minimum atomic E-state index is -0.770. The molecule has 1 aliphatic carbocycles. The topological polar surface area (TPSA) is 104 Å². The Morgan fingerprint density at radius 2 is 1.85 bits per heavy atom. The molecule has 33 heavy (non-hydrogen) atoms. The number of carbonyl (C=O) groups is 2. The van der Waals surface area contributed by atoms with E-state index in [2.05, 4.69) is 19.9 Å². The van der Waals surface area contributed by atoms with Crippen LogP contribution in [-0.4, -0.2) is 45.9 Å². The van der Waals surface area contributed by atoms with Crippen molar-refractivity contribution in [1.29, 1.82) is 0 Å². The third-order valence-electron chi connectivity index (χ3n) is 6.51. The molecule has 0 aromatic heterocycles. The van der Waals surface area contributed by atoms with E-state index in [1.165, 1.54) is 0 Å². The summed E-state index contributed by atoms with van der Waals surface area (Å²) in [5.41, 5.74) is 2.16. The lowest BCUT2D eigenvalue weighted by molar-refractivity contribution is -0.137. The third kappa shape index (κ3) is 10.4. The van der Waals surface area contributed by atoms with Crippen molar-refractivity contribution in [3.63, 3.8) is 0 Å². The lowest BCUT2D eigenvalue weighted by atomic mass is 9.85. The number of Topliss-reactive ketones (excluding diaryl/α,β-unsaturated/α-hetero) is 1. The van der Waals surface area contributed by atoms with Crippen molar-refractivity contribution in [3.05, 3.63) is 35.4 Å². The first-order valence-electron chi connectivity index (χ1n) is 12.5. The standard InChI is InChI=1S/C27H42O6/c1-19(2)17-33-18-21-9-7-8-20(14-21)15-22(28)12-13-24-23(25(29)16-26(24)30)10-5-3-4-6-11-27(31)32/h7-9,14,19,22-24,26,28,30H,3-6,10-13,15-18H2,1-2H3,(H,31,32)/t22-,23+,24+,26+/m0/s1. The van der Waals surface area contributed by atoms with Gasteiger partial charge in [-0.1, -0.05) is 57.4 Å². The van der Waals surface area contributed by atoms with Crippen LogP contribution in [0.2, 0.25) is 0 Å². The molecule has 4 atom stereocenters. The average Bonchev–Trinajstić information content (AvgIpc) is 3.01. The number of aliphatic carboxylic acids is 1. The van der Waals surface area contributed by atoms with E-state index < -0.39 is 18.2 Å². The minimum absolute atomic E-state index is 0.0954. The molecule has 0 saturated heterocycles. The summed E-state index contributed by atoms with van der Waals surface area (Å²) < 4.78 is 5.71. The van der Waals surface area contributed by atoms with Gasteiger partial charge in [0.2, 0.25) is 0 Å². The minimum Gasteiger partial charge on any atom is -0.481 e. The molecule has 0 amide bonds. The Labute approximate surface area is 198 Å². The number of ether oxygens (including phenoxy) is 1. The van der Waals surface area contributed by atoms with E-state index in [-0.39, 0.29) is 30.5 Å². The van der Waals surface area contributed by atoms with Crippen LogP contribution in [0.1, 0.15) is 82.8 Å². The van der Waals surface area contributed by atoms with Gasteiger partial charge in [-0.3, -0.25) is 9.59 Å². The molecule has 1 fully saturated rings. The second-order valence-electron chi connectivity index (χ2n) is 10.0. The van der Waals surface area contributed by atoms with E-state index in [1.54, 1.807) is 0 Å². The molecule has 1 saturated carbocycles. The largest absolute Gasteiger partial charge is 0.481 e. The number of carboxylic acids is 1. The fourth-order valence-corrected chi connectivity index (χ4v) is 4.80. The molecule has 0 spiro atoms. The summed E-state index contributed by atoms with van der Waals surface area (Å²) in [7, 11) is 0. The van der Waals surface area contributed by atoms with Crippen molar-refractivity contribution in [2.75, 3.05) is 6.61 Å². The molecular weight excluding hydrogens is 420 g/mol. The summed E-state index contributed by atoms with van der Waals surface area (Å²) in [4.78, 5) is 23.0. The predicted octanol–water partition coefficient (Wildman–Crippen LogP) is 4.53. The van der Waals surface area contributed by atoms with Crippen LogP contribution in [0.5, 0.6) is 0 Å². The van der Waals surface area contributed by atoms with Gasteiger partial charge in [-0.05, 0) is 55.1 Å². The first-order valence-corrected chi connectivity index (χ1v) is 12.5. The summed E-state index contributed by atoms with van der Waals surface area (Å²) >= 11 is 0. The summed E-state index contributed by atoms with van der Waals surface area (Å²) in [5.74, 6) is -0.390. The van der Waals surface area contributed by atoms with E-state index in [4.69, 9.17) is 9.84 Å². The Kier molecular flexibility index (Phi) is 12.1. The van der Waals surface area contributed by atoms with Crippen molar-refractivity contribution in [2.45, 2.75) is 96.9 Å². The van der Waals surface area contributed by atoms with Gasteiger partial charge >= 0.3 is 5.97 Å². The number of hydrogen-bond donors (Lipinski definition) is 3. The second-order valence-corrected chi connectivity index (χ2v) is 10.0. The van der Waals surface area contributed by atoms with Gasteiger partial charge in [0.15, 0.2) is 0 Å². The van der Waals surface area contributed by atoms with E-state index in [9.17, 15) is 19.8 Å². The first-order chi connectivity index (χ1) is 15.8. The molecule has 1 aromatic carbocycles. The van der Waals surface area contributed by atoms with Gasteiger partial charge in [0.25, 0.3) is 0 Å². The molecule has 3 N–H and O–H groups in total. The highest BCUT2D eigenvalue weighted by Gasteiger charge is 2.40. The SMILES string of the molecule is CC(C)COCc1cccc(C[C@@H](O)CC[C@H]2[C@H](O)CC(=O)[C@@H]2CCCCCCC(=O)O)c1. The lowest BCUT2D eigenvalue weighted by Gasteiger charge is -2.22. The van der Waals surface area contributed by atoms with E-state index in [1.807, 2.05) is 18.2 Å². The van der Waals surface area contributed by atoms with Gasteiger partial charge < -0.3 is 20.1 Å². The van der Waals surface area contributed by atoms with Crippen LogP contribution >= 0.6 is 0 Å². The Morgan fingerprint density at radius 1 is 1.12 bits per heavy atom. The van der Waals surface area contributed by atoms with Gasteiger partial charge in [-0.2, -0.15) is 0 Å². The van der Waals surface area contributed by atoms with E-state index >= 15 is 0 Å². The summed E-state index contributed by atoms with van der Waals surface area (Å²) in [6.07, 6.45) is 5.02. The van der Waals surface area contributed by atoms with Crippen LogP contribution in [0.4, 0.5) is 0 Å². The summed E-state index contributed by atoms with van der Waals surface area (Å²) in [6.45, 7) is 5.53. The van der Waals surface area contributed by atoms with Crippen molar-refractivity contribution < 1.29 is 29.6 Å². The quantitative estimate of drug-likeness (QED) is 0.312. The van der Waals surface area contributed by atoms with E-state index in [0.717, 1.165) is 43.4 Å². The second kappa shape index (κ2) is 14.5. The fourth-order valence-electron chi connectivity index (χ4n) is 4.80. The van der Waals surface area contributed by atoms with Gasteiger partial charge in [0.05, 0.1) is 18.8 Å². The van der Waals surface area contributed by atoms with Crippen LogP contribution in [0.15, 0.2) is 24.3 Å². The highest BCUT2D eigenvalue weighted by Crippen LogP contribution is 2.36. The maximum Gasteiger partial charge on any atom is 0.303 e. The van der Waals surface area contributed by atoms with Crippen LogP contribution in [-0.2, 0) is 27.4 Å². The summed E-state index contributed by atoms with van der Waals surface area (Å²) in [6, 6.07) is 8.10. The number of rotatable bonds is 16. The summed E-state index contributed by atoms with van der Waals surface area (Å²) in [5, 5.41) is 29.7. The fraction of sp³-hybridized carbons (Fsp3) is 0.704. The highest BCUT2D eigenvalue weighted by molar-refractivity contribution is 5.84. The van der Waals surface area contributed by atoms with Crippen LogP contribution in [0, 0.1) is 17.8 Å². The van der Waals surface area contributed by atoms with Crippen LogP contribution in [0.3, 0.4) is 0 Å². The van der Waals surface area contributed by atoms with Crippen LogP contribution in [0.25, 0.3) is 0 Å². The molecule has 0 bridgehead atoms. The molecule has 6 heteroatoms. The highest BCUT2D eigenvalue weighted by atomic mass is 16.5. The molecule has 186 valence electrons. The predicted molar refractivity (Wildman–Crippen MR) is 128 cm³/mol. The number of carboxylic acid groups (broad SMARTS) is 1. The molecule has 0 aliphatic heterocycles. The van der Waals surface area contributed by atoms with Gasteiger partial charge in [0, 0.05) is 25.4 Å². The number of unbranched alkanes of at least 4 members (excludes halogenated alkanes) is 3. The van der Waals surface area contributed by atoms with Crippen molar-refractivity contribution >= 4 is 11.8 Å². The Balaban J connectivity index is 1.76. The first kappa shape index (κ1) is 27.5. The Morgan fingerprint density at radius 3 is 2.58 bits per heavy atom. The zero-order chi connectivity index (χ0) is 24.2.